The minimum atomic E-state index is 0.0464. The molecule has 0 spiro atoms. The van der Waals surface area contributed by atoms with Crippen LogP contribution in [0.2, 0.25) is 0 Å². The van der Waals surface area contributed by atoms with Gasteiger partial charge in [-0.2, -0.15) is 0 Å². The normalized spacial score (nSPS) is 10.3. The van der Waals surface area contributed by atoms with Gasteiger partial charge in [-0.1, -0.05) is 6.07 Å². The highest BCUT2D eigenvalue weighted by Crippen LogP contribution is 2.24. The number of unbranched alkanes of at least 4 members (excludes halogenated alkanes) is 1. The SMILES string of the molecule is CNNC(=O)CCCCc1ccc(OC)c(C)c1C. The minimum absolute atomic E-state index is 0.0464. The Balaban J connectivity index is 2.46. The second-order valence-corrected chi connectivity index (χ2v) is 4.68. The summed E-state index contributed by atoms with van der Waals surface area (Å²) in [5, 5.41) is 0. The molecular formula is C15H24N2O2. The molecule has 2 N–H and O–H groups in total. The van der Waals surface area contributed by atoms with Crippen molar-refractivity contribution in [2.24, 2.45) is 0 Å². The van der Waals surface area contributed by atoms with Crippen LogP contribution in [0, 0.1) is 13.8 Å². The molecule has 1 aromatic rings. The lowest BCUT2D eigenvalue weighted by Gasteiger charge is -2.12. The molecule has 0 aromatic heterocycles. The fourth-order valence-corrected chi connectivity index (χ4v) is 2.15. The molecule has 0 bridgehead atoms. The van der Waals surface area contributed by atoms with Gasteiger partial charge in [0.25, 0.3) is 0 Å². The lowest BCUT2D eigenvalue weighted by atomic mass is 9.98. The summed E-state index contributed by atoms with van der Waals surface area (Å²) in [5.41, 5.74) is 9.05. The Morgan fingerprint density at radius 2 is 1.95 bits per heavy atom. The van der Waals surface area contributed by atoms with Crippen LogP contribution >= 0.6 is 0 Å². The average molecular weight is 264 g/mol. The van der Waals surface area contributed by atoms with Crippen LogP contribution in [0.5, 0.6) is 5.75 Å². The number of nitrogens with one attached hydrogen (secondary N) is 2. The number of methoxy groups -OCH3 is 1. The maximum Gasteiger partial charge on any atom is 0.234 e. The molecule has 106 valence electrons. The van der Waals surface area contributed by atoms with Crippen molar-refractivity contribution in [2.75, 3.05) is 14.2 Å². The molecule has 0 unspecified atom stereocenters. The van der Waals surface area contributed by atoms with E-state index in [-0.39, 0.29) is 5.91 Å². The molecule has 0 saturated heterocycles. The number of hydrazine groups is 1. The standard InChI is InChI=1S/C15H24N2O2/c1-11-12(2)14(19-4)10-9-13(11)7-5-6-8-15(18)17-16-3/h9-10,16H,5-8H2,1-4H3,(H,17,18). The summed E-state index contributed by atoms with van der Waals surface area (Å²) in [6.07, 6.45) is 3.49. The Bertz CT molecular complexity index is 430. The van der Waals surface area contributed by atoms with E-state index in [9.17, 15) is 4.79 Å². The zero-order valence-corrected chi connectivity index (χ0v) is 12.3. The van der Waals surface area contributed by atoms with E-state index in [1.165, 1.54) is 16.7 Å². The fraction of sp³-hybridized carbons (Fsp3) is 0.533. The van der Waals surface area contributed by atoms with Crippen molar-refractivity contribution in [2.45, 2.75) is 39.5 Å². The summed E-state index contributed by atoms with van der Waals surface area (Å²) in [4.78, 5) is 11.3. The third-order valence-corrected chi connectivity index (χ3v) is 3.43. The zero-order valence-electron chi connectivity index (χ0n) is 12.3. The molecule has 1 aromatic carbocycles. The van der Waals surface area contributed by atoms with E-state index >= 15 is 0 Å². The van der Waals surface area contributed by atoms with Crippen LogP contribution < -0.4 is 15.6 Å². The number of benzene rings is 1. The fourth-order valence-electron chi connectivity index (χ4n) is 2.15. The monoisotopic (exact) mass is 264 g/mol. The number of ether oxygens (including phenoxy) is 1. The van der Waals surface area contributed by atoms with Crippen LogP contribution in [0.3, 0.4) is 0 Å². The molecule has 4 heteroatoms. The molecule has 0 atom stereocenters. The first-order valence-electron chi connectivity index (χ1n) is 6.68. The molecule has 19 heavy (non-hydrogen) atoms. The Kier molecular flexibility index (Phi) is 6.36. The Hall–Kier alpha value is -1.55. The lowest BCUT2D eigenvalue weighted by Crippen LogP contribution is -2.33. The average Bonchev–Trinajstić information content (AvgIpc) is 2.40. The summed E-state index contributed by atoms with van der Waals surface area (Å²) in [5.74, 6) is 0.986. The molecular weight excluding hydrogens is 240 g/mol. The van der Waals surface area contributed by atoms with Gasteiger partial charge in [-0.05, 0) is 55.9 Å². The Morgan fingerprint density at radius 3 is 2.58 bits per heavy atom. The summed E-state index contributed by atoms with van der Waals surface area (Å²) in [6.45, 7) is 4.21. The maximum atomic E-state index is 11.3. The molecule has 0 heterocycles. The van der Waals surface area contributed by atoms with Gasteiger partial charge in [-0.15, -0.1) is 0 Å². The Labute approximate surface area is 115 Å². The van der Waals surface area contributed by atoms with Gasteiger partial charge in [-0.25, -0.2) is 5.43 Å². The first-order valence-corrected chi connectivity index (χ1v) is 6.68. The third kappa shape index (κ3) is 4.56. The summed E-state index contributed by atoms with van der Waals surface area (Å²) in [6, 6.07) is 4.14. The van der Waals surface area contributed by atoms with Crippen molar-refractivity contribution in [1.82, 2.24) is 10.9 Å². The summed E-state index contributed by atoms with van der Waals surface area (Å²) >= 11 is 0. The Morgan fingerprint density at radius 1 is 1.21 bits per heavy atom. The molecule has 0 aliphatic carbocycles. The van der Waals surface area contributed by atoms with Crippen LogP contribution in [0.4, 0.5) is 0 Å². The van der Waals surface area contributed by atoms with E-state index in [1.54, 1.807) is 14.2 Å². The van der Waals surface area contributed by atoms with E-state index in [1.807, 2.05) is 6.07 Å². The van der Waals surface area contributed by atoms with Gasteiger partial charge in [0, 0.05) is 13.5 Å². The third-order valence-electron chi connectivity index (χ3n) is 3.43. The number of carbonyl (C=O) groups is 1. The number of rotatable bonds is 7. The molecule has 0 radical (unpaired) electrons. The van der Waals surface area contributed by atoms with Crippen molar-refractivity contribution in [3.8, 4) is 5.75 Å². The van der Waals surface area contributed by atoms with Crippen molar-refractivity contribution in [3.63, 3.8) is 0 Å². The molecule has 0 aliphatic heterocycles. The van der Waals surface area contributed by atoms with Crippen LogP contribution in [0.1, 0.15) is 36.0 Å². The van der Waals surface area contributed by atoms with Crippen LogP contribution in [-0.2, 0) is 11.2 Å². The van der Waals surface area contributed by atoms with Crippen molar-refractivity contribution in [3.05, 3.63) is 28.8 Å². The topological polar surface area (TPSA) is 50.4 Å². The lowest BCUT2D eigenvalue weighted by molar-refractivity contribution is -0.122. The maximum absolute atomic E-state index is 11.3. The molecule has 0 fully saturated rings. The molecule has 1 amide bonds. The van der Waals surface area contributed by atoms with Gasteiger partial charge in [-0.3, -0.25) is 10.2 Å². The van der Waals surface area contributed by atoms with Gasteiger partial charge >= 0.3 is 0 Å². The highest BCUT2D eigenvalue weighted by Gasteiger charge is 2.07. The van der Waals surface area contributed by atoms with Crippen LogP contribution in [0.25, 0.3) is 0 Å². The quantitative estimate of drug-likeness (QED) is 0.587. The van der Waals surface area contributed by atoms with Gasteiger partial charge in [0.05, 0.1) is 7.11 Å². The summed E-state index contributed by atoms with van der Waals surface area (Å²) in [7, 11) is 3.39. The predicted molar refractivity (Wildman–Crippen MR) is 77.2 cm³/mol. The highest BCUT2D eigenvalue weighted by atomic mass is 16.5. The van der Waals surface area contributed by atoms with E-state index in [4.69, 9.17) is 4.74 Å². The van der Waals surface area contributed by atoms with Gasteiger partial charge in [0.1, 0.15) is 5.75 Å². The van der Waals surface area contributed by atoms with Crippen molar-refractivity contribution in [1.29, 1.82) is 0 Å². The largest absolute Gasteiger partial charge is 0.496 e. The first kappa shape index (κ1) is 15.5. The van der Waals surface area contributed by atoms with Crippen molar-refractivity contribution < 1.29 is 9.53 Å². The van der Waals surface area contributed by atoms with E-state index in [2.05, 4.69) is 30.8 Å². The summed E-state index contributed by atoms with van der Waals surface area (Å²) < 4.78 is 5.30. The van der Waals surface area contributed by atoms with E-state index < -0.39 is 0 Å². The predicted octanol–water partition coefficient (Wildman–Crippen LogP) is 2.28. The van der Waals surface area contributed by atoms with Crippen molar-refractivity contribution >= 4 is 5.91 Å². The number of hydrogen-bond donors (Lipinski definition) is 2. The van der Waals surface area contributed by atoms with E-state index in [0.29, 0.717) is 6.42 Å². The minimum Gasteiger partial charge on any atom is -0.496 e. The van der Waals surface area contributed by atoms with Gasteiger partial charge < -0.3 is 4.74 Å². The van der Waals surface area contributed by atoms with Crippen LogP contribution in [0.15, 0.2) is 12.1 Å². The number of amides is 1. The number of hydrogen-bond acceptors (Lipinski definition) is 3. The smallest absolute Gasteiger partial charge is 0.234 e. The van der Waals surface area contributed by atoms with Crippen LogP contribution in [-0.4, -0.2) is 20.1 Å². The van der Waals surface area contributed by atoms with E-state index in [0.717, 1.165) is 25.0 Å². The molecule has 1 rings (SSSR count). The first-order chi connectivity index (χ1) is 9.10. The number of carbonyl (C=O) groups excluding carboxylic acids is 1. The second kappa shape index (κ2) is 7.79. The van der Waals surface area contributed by atoms with Gasteiger partial charge in [0.15, 0.2) is 0 Å². The molecule has 4 nitrogen and oxygen atoms in total. The molecule has 0 aliphatic rings. The molecule has 0 saturated carbocycles. The zero-order chi connectivity index (χ0) is 14.3. The number of aryl methyl sites for hydroxylation is 1. The highest BCUT2D eigenvalue weighted by molar-refractivity contribution is 5.75. The second-order valence-electron chi connectivity index (χ2n) is 4.68. The van der Waals surface area contributed by atoms with Gasteiger partial charge in [0.2, 0.25) is 5.91 Å².